The third-order valence-electron chi connectivity index (χ3n) is 2.01. The van der Waals surface area contributed by atoms with Crippen LogP contribution in [0, 0.1) is 0 Å². The van der Waals surface area contributed by atoms with Crippen molar-refractivity contribution in [3.8, 4) is 11.5 Å². The molecule has 0 unspecified atom stereocenters. The minimum atomic E-state index is -0.135. The Morgan fingerprint density at radius 3 is 2.67 bits per heavy atom. The van der Waals surface area contributed by atoms with Crippen LogP contribution in [0.1, 0.15) is 24.0 Å². The quantitative estimate of drug-likeness (QED) is 0.717. The Bertz CT molecular complexity index is 462. The van der Waals surface area contributed by atoms with Gasteiger partial charge in [-0.25, -0.2) is 0 Å². The van der Waals surface area contributed by atoms with Crippen LogP contribution >= 0.6 is 0 Å². The number of Topliss-reactive ketones (excluding diaryl/α,β-unsaturated/α-hetero) is 1. The van der Waals surface area contributed by atoms with Gasteiger partial charge in [-0.3, -0.25) is 4.79 Å². The molecule has 0 aliphatic heterocycles. The van der Waals surface area contributed by atoms with Gasteiger partial charge in [0.05, 0.1) is 0 Å². The van der Waals surface area contributed by atoms with Crippen molar-refractivity contribution >= 4 is 5.78 Å². The molecule has 0 N–H and O–H groups in total. The van der Waals surface area contributed by atoms with Gasteiger partial charge in [0.15, 0.2) is 0 Å². The minimum Gasteiger partial charge on any atom is -0.414 e. The molecule has 4 heteroatoms. The average Bonchev–Trinajstić information content (AvgIpc) is 2.78. The van der Waals surface area contributed by atoms with E-state index in [9.17, 15) is 4.79 Å². The van der Waals surface area contributed by atoms with Crippen molar-refractivity contribution in [3.05, 3.63) is 36.2 Å². The molecule has 0 radical (unpaired) electrons. The number of carbonyl (C=O) groups is 1. The highest BCUT2D eigenvalue weighted by Gasteiger charge is 2.13. The molecule has 0 amide bonds. The summed E-state index contributed by atoms with van der Waals surface area (Å²) in [4.78, 5) is 11.3. The molecule has 0 saturated carbocycles. The van der Waals surface area contributed by atoms with Crippen LogP contribution in [0.25, 0.3) is 11.5 Å². The average molecular weight is 202 g/mol. The van der Waals surface area contributed by atoms with Crippen molar-refractivity contribution in [2.45, 2.75) is 13.3 Å². The molecule has 1 aromatic heterocycles. The van der Waals surface area contributed by atoms with Crippen molar-refractivity contribution in [3.63, 3.8) is 0 Å². The number of hydrogen-bond donors (Lipinski definition) is 0. The third kappa shape index (κ3) is 1.93. The summed E-state index contributed by atoms with van der Waals surface area (Å²) in [7, 11) is 0. The summed E-state index contributed by atoms with van der Waals surface area (Å²) < 4.78 is 5.25. The lowest BCUT2D eigenvalue weighted by Gasteiger charge is -1.91. The number of hydrogen-bond acceptors (Lipinski definition) is 4. The van der Waals surface area contributed by atoms with Gasteiger partial charge in [-0.2, -0.15) is 0 Å². The number of benzene rings is 1. The summed E-state index contributed by atoms with van der Waals surface area (Å²) >= 11 is 0. The van der Waals surface area contributed by atoms with E-state index in [2.05, 4.69) is 10.2 Å². The van der Waals surface area contributed by atoms with E-state index < -0.39 is 0 Å². The molecule has 76 valence electrons. The van der Waals surface area contributed by atoms with Crippen molar-refractivity contribution in [1.29, 1.82) is 0 Å². The van der Waals surface area contributed by atoms with Gasteiger partial charge in [-0.05, 0) is 12.1 Å². The van der Waals surface area contributed by atoms with Crippen molar-refractivity contribution < 1.29 is 9.21 Å². The molecule has 0 fully saturated rings. The molecule has 0 spiro atoms. The van der Waals surface area contributed by atoms with Crippen LogP contribution in [0.3, 0.4) is 0 Å². The Hall–Kier alpha value is -1.97. The van der Waals surface area contributed by atoms with E-state index in [1.165, 1.54) is 0 Å². The van der Waals surface area contributed by atoms with E-state index in [0.29, 0.717) is 12.3 Å². The molecular formula is C11H10N2O2. The fraction of sp³-hybridized carbons (Fsp3) is 0.182. The molecule has 2 aromatic rings. The maximum absolute atomic E-state index is 11.3. The lowest BCUT2D eigenvalue weighted by atomic mass is 10.2. The van der Waals surface area contributed by atoms with Crippen LogP contribution in [0.15, 0.2) is 34.7 Å². The van der Waals surface area contributed by atoms with Crippen molar-refractivity contribution in [1.82, 2.24) is 10.2 Å². The fourth-order valence-corrected chi connectivity index (χ4v) is 1.18. The first-order valence-corrected chi connectivity index (χ1v) is 4.73. The van der Waals surface area contributed by atoms with Crippen molar-refractivity contribution in [2.24, 2.45) is 0 Å². The molecule has 0 aliphatic rings. The Morgan fingerprint density at radius 1 is 1.27 bits per heavy atom. The second-order valence-corrected chi connectivity index (χ2v) is 3.06. The van der Waals surface area contributed by atoms with Crippen LogP contribution in [-0.4, -0.2) is 16.0 Å². The van der Waals surface area contributed by atoms with Crippen LogP contribution in [0.5, 0.6) is 0 Å². The fourth-order valence-electron chi connectivity index (χ4n) is 1.18. The van der Waals surface area contributed by atoms with Gasteiger partial charge in [0.1, 0.15) is 0 Å². The summed E-state index contributed by atoms with van der Waals surface area (Å²) in [6.45, 7) is 1.76. The van der Waals surface area contributed by atoms with Crippen LogP contribution in [0.2, 0.25) is 0 Å². The van der Waals surface area contributed by atoms with Crippen LogP contribution in [-0.2, 0) is 0 Å². The molecule has 1 heterocycles. The second-order valence-electron chi connectivity index (χ2n) is 3.06. The van der Waals surface area contributed by atoms with Gasteiger partial charge < -0.3 is 4.42 Å². The monoisotopic (exact) mass is 202 g/mol. The predicted molar refractivity (Wildman–Crippen MR) is 54.4 cm³/mol. The van der Waals surface area contributed by atoms with E-state index in [4.69, 9.17) is 4.42 Å². The zero-order valence-corrected chi connectivity index (χ0v) is 8.30. The summed E-state index contributed by atoms with van der Waals surface area (Å²) in [5, 5.41) is 7.52. The number of ketones is 1. The van der Waals surface area contributed by atoms with Crippen LogP contribution < -0.4 is 0 Å². The van der Waals surface area contributed by atoms with E-state index in [1.54, 1.807) is 6.92 Å². The predicted octanol–water partition coefficient (Wildman–Crippen LogP) is 2.33. The first-order chi connectivity index (χ1) is 7.31. The number of nitrogens with zero attached hydrogens (tertiary/aromatic N) is 2. The molecule has 2 rings (SSSR count). The molecule has 0 saturated heterocycles. The first kappa shape index (κ1) is 9.58. The Kier molecular flexibility index (Phi) is 2.58. The summed E-state index contributed by atoms with van der Waals surface area (Å²) in [6.07, 6.45) is 0.371. The van der Waals surface area contributed by atoms with E-state index >= 15 is 0 Å². The standard InChI is InChI=1S/C11H10N2O2/c1-2-9(14)11-13-12-10(15-11)8-6-4-3-5-7-8/h3-7H,2H2,1H3. The van der Waals surface area contributed by atoms with E-state index in [-0.39, 0.29) is 11.7 Å². The molecule has 4 nitrogen and oxygen atoms in total. The zero-order chi connectivity index (χ0) is 10.7. The zero-order valence-electron chi connectivity index (χ0n) is 8.30. The lowest BCUT2D eigenvalue weighted by Crippen LogP contribution is -1.95. The maximum atomic E-state index is 11.3. The van der Waals surface area contributed by atoms with Gasteiger partial charge in [-0.1, -0.05) is 25.1 Å². The molecule has 15 heavy (non-hydrogen) atoms. The first-order valence-electron chi connectivity index (χ1n) is 4.73. The summed E-state index contributed by atoms with van der Waals surface area (Å²) in [5.41, 5.74) is 0.820. The smallest absolute Gasteiger partial charge is 0.284 e. The normalized spacial score (nSPS) is 10.2. The minimum absolute atomic E-state index is 0.0800. The highest BCUT2D eigenvalue weighted by Crippen LogP contribution is 2.17. The largest absolute Gasteiger partial charge is 0.414 e. The van der Waals surface area contributed by atoms with Gasteiger partial charge in [-0.15, -0.1) is 10.2 Å². The molecular weight excluding hydrogens is 192 g/mol. The molecule has 0 bridgehead atoms. The lowest BCUT2D eigenvalue weighted by molar-refractivity contribution is 0.0955. The molecule has 1 aromatic carbocycles. The SMILES string of the molecule is CCC(=O)c1nnc(-c2ccccc2)o1. The van der Waals surface area contributed by atoms with Gasteiger partial charge in [0.2, 0.25) is 11.7 Å². The molecule has 0 atom stereocenters. The highest BCUT2D eigenvalue weighted by atomic mass is 16.4. The Labute approximate surface area is 86.9 Å². The Morgan fingerprint density at radius 2 is 2.00 bits per heavy atom. The number of aromatic nitrogens is 2. The van der Waals surface area contributed by atoms with Crippen molar-refractivity contribution in [2.75, 3.05) is 0 Å². The summed E-state index contributed by atoms with van der Waals surface area (Å²) in [6, 6.07) is 9.36. The van der Waals surface area contributed by atoms with Gasteiger partial charge in [0.25, 0.3) is 5.89 Å². The number of carbonyl (C=O) groups excluding carboxylic acids is 1. The topological polar surface area (TPSA) is 56.0 Å². The third-order valence-corrected chi connectivity index (χ3v) is 2.01. The second kappa shape index (κ2) is 4.04. The van der Waals surface area contributed by atoms with E-state index in [1.807, 2.05) is 30.3 Å². The summed E-state index contributed by atoms with van der Waals surface area (Å²) in [5.74, 6) is 0.327. The van der Waals surface area contributed by atoms with Gasteiger partial charge >= 0.3 is 0 Å². The van der Waals surface area contributed by atoms with E-state index in [0.717, 1.165) is 5.56 Å². The highest BCUT2D eigenvalue weighted by molar-refractivity contribution is 5.91. The van der Waals surface area contributed by atoms with Crippen LogP contribution in [0.4, 0.5) is 0 Å². The number of rotatable bonds is 3. The van der Waals surface area contributed by atoms with Gasteiger partial charge in [0, 0.05) is 12.0 Å². The Balaban J connectivity index is 2.32. The molecule has 0 aliphatic carbocycles. The maximum Gasteiger partial charge on any atom is 0.284 e.